The molecule has 1 N–H and O–H groups in total. The van der Waals surface area contributed by atoms with Crippen LogP contribution in [0.4, 0.5) is 0 Å². The molecule has 0 saturated carbocycles. The molecule has 4 heterocycles. The first kappa shape index (κ1) is 22.8. The lowest BCUT2D eigenvalue weighted by molar-refractivity contribution is -0.113. The quantitative estimate of drug-likeness (QED) is 0.410. The third kappa shape index (κ3) is 4.17. The molecule has 6 atom stereocenters. The van der Waals surface area contributed by atoms with Crippen LogP contribution in [0.15, 0.2) is 67.4 Å². The molecule has 34 heavy (non-hydrogen) atoms. The fraction of sp³-hybridized carbons (Fsp3) is 0.333. The van der Waals surface area contributed by atoms with Crippen molar-refractivity contribution in [2.24, 2.45) is 11.8 Å². The molecule has 3 aliphatic heterocycles. The van der Waals surface area contributed by atoms with Gasteiger partial charge in [0.2, 0.25) is 0 Å². The molecule has 2 aromatic carbocycles. The van der Waals surface area contributed by atoms with Crippen molar-refractivity contribution in [3.05, 3.63) is 83.5 Å². The molecule has 6 nitrogen and oxygen atoms in total. The highest BCUT2D eigenvalue weighted by Gasteiger charge is 2.48. The smallest absolute Gasteiger partial charge is 0.338 e. The SMILES string of the molecule is C=C[C@H]1CN2CC(OC(=O)c3ccc(Cl)cc3)[C@H]1C[C@@H]2[C@@H](O)c1ccnc2ccc(OC)cc12. The van der Waals surface area contributed by atoms with Crippen molar-refractivity contribution in [3.63, 3.8) is 0 Å². The molecule has 6 rings (SSSR count). The number of carbonyl (C=O) groups excluding carboxylic acids is 1. The summed E-state index contributed by atoms with van der Waals surface area (Å²) < 4.78 is 11.3. The number of aromatic nitrogens is 1. The predicted molar refractivity (Wildman–Crippen MR) is 131 cm³/mol. The maximum absolute atomic E-state index is 12.8. The highest BCUT2D eigenvalue weighted by molar-refractivity contribution is 6.30. The molecule has 0 spiro atoms. The third-order valence-corrected chi connectivity index (χ3v) is 7.43. The average molecular weight is 479 g/mol. The van der Waals surface area contributed by atoms with E-state index in [0.29, 0.717) is 23.6 Å². The minimum absolute atomic E-state index is 0.0843. The van der Waals surface area contributed by atoms with Gasteiger partial charge in [-0.1, -0.05) is 17.7 Å². The van der Waals surface area contributed by atoms with E-state index in [1.54, 1.807) is 37.6 Å². The maximum Gasteiger partial charge on any atom is 0.338 e. The molecule has 7 heteroatoms. The Balaban J connectivity index is 1.38. The van der Waals surface area contributed by atoms with Crippen LogP contribution in [-0.4, -0.2) is 53.3 Å². The third-order valence-electron chi connectivity index (χ3n) is 7.18. The molecule has 3 saturated heterocycles. The van der Waals surface area contributed by atoms with E-state index in [4.69, 9.17) is 21.1 Å². The Hall–Kier alpha value is -2.93. The van der Waals surface area contributed by atoms with Gasteiger partial charge in [-0.15, -0.1) is 6.58 Å². The number of pyridine rings is 1. The zero-order valence-corrected chi connectivity index (χ0v) is 19.7. The topological polar surface area (TPSA) is 71.9 Å². The molecule has 0 amide bonds. The summed E-state index contributed by atoms with van der Waals surface area (Å²) in [7, 11) is 1.63. The van der Waals surface area contributed by atoms with Gasteiger partial charge < -0.3 is 14.6 Å². The lowest BCUT2D eigenvalue weighted by Gasteiger charge is -2.53. The number of nitrogens with zero attached hydrogens (tertiary/aromatic N) is 2. The maximum atomic E-state index is 12.8. The molecular formula is C27H27ClN2O4. The molecule has 1 aromatic heterocycles. The molecule has 3 aromatic rings. The van der Waals surface area contributed by atoms with Gasteiger partial charge >= 0.3 is 5.97 Å². The number of methoxy groups -OCH3 is 1. The number of rotatable bonds is 6. The molecule has 0 radical (unpaired) electrons. The van der Waals surface area contributed by atoms with Crippen molar-refractivity contribution in [3.8, 4) is 5.75 Å². The van der Waals surface area contributed by atoms with Gasteiger partial charge in [-0.05, 0) is 66.4 Å². The highest BCUT2D eigenvalue weighted by Crippen LogP contribution is 2.43. The summed E-state index contributed by atoms with van der Waals surface area (Å²) in [6.07, 6.45) is 3.39. The van der Waals surface area contributed by atoms with Crippen LogP contribution in [0.3, 0.4) is 0 Å². The van der Waals surface area contributed by atoms with Crippen molar-refractivity contribution in [2.75, 3.05) is 20.2 Å². The number of fused-ring (bicyclic) bond motifs is 4. The van der Waals surface area contributed by atoms with E-state index < -0.39 is 6.10 Å². The van der Waals surface area contributed by atoms with Crippen LogP contribution < -0.4 is 4.74 Å². The zero-order chi connectivity index (χ0) is 23.8. The van der Waals surface area contributed by atoms with E-state index >= 15 is 0 Å². The van der Waals surface area contributed by atoms with Crippen LogP contribution in [0.5, 0.6) is 5.75 Å². The zero-order valence-electron chi connectivity index (χ0n) is 18.9. The fourth-order valence-electron chi connectivity index (χ4n) is 5.38. The summed E-state index contributed by atoms with van der Waals surface area (Å²) in [6, 6.07) is 14.2. The van der Waals surface area contributed by atoms with E-state index in [0.717, 1.165) is 28.8 Å². The summed E-state index contributed by atoms with van der Waals surface area (Å²) in [5.74, 6) is 0.637. The average Bonchev–Trinajstić information content (AvgIpc) is 2.87. The van der Waals surface area contributed by atoms with E-state index in [-0.39, 0.29) is 30.0 Å². The minimum atomic E-state index is -0.709. The summed E-state index contributed by atoms with van der Waals surface area (Å²) in [5, 5.41) is 13.0. The van der Waals surface area contributed by atoms with Crippen molar-refractivity contribution in [1.82, 2.24) is 9.88 Å². The van der Waals surface area contributed by atoms with Crippen LogP contribution in [-0.2, 0) is 4.74 Å². The van der Waals surface area contributed by atoms with Gasteiger partial charge in [0.05, 0.1) is 24.3 Å². The number of piperidine rings is 3. The second-order valence-electron chi connectivity index (χ2n) is 9.00. The lowest BCUT2D eigenvalue weighted by atomic mass is 9.72. The normalized spacial score (nSPS) is 26.7. The van der Waals surface area contributed by atoms with Crippen molar-refractivity contribution < 1.29 is 19.4 Å². The Bertz CT molecular complexity index is 1210. The number of hydrogen-bond acceptors (Lipinski definition) is 6. The highest BCUT2D eigenvalue weighted by atomic mass is 35.5. The number of ether oxygens (including phenoxy) is 2. The number of aliphatic hydroxyl groups excluding tert-OH is 1. The summed E-state index contributed by atoms with van der Waals surface area (Å²) >= 11 is 5.94. The molecular weight excluding hydrogens is 452 g/mol. The second-order valence-corrected chi connectivity index (χ2v) is 9.44. The van der Waals surface area contributed by atoms with E-state index in [1.165, 1.54) is 0 Å². The van der Waals surface area contributed by atoms with Crippen LogP contribution in [0, 0.1) is 11.8 Å². The first-order chi connectivity index (χ1) is 16.5. The Kier molecular flexibility index (Phi) is 6.30. The molecule has 2 unspecified atom stereocenters. The van der Waals surface area contributed by atoms with Gasteiger partial charge in [0.15, 0.2) is 0 Å². The van der Waals surface area contributed by atoms with E-state index in [9.17, 15) is 9.90 Å². The number of halogens is 1. The fourth-order valence-corrected chi connectivity index (χ4v) is 5.51. The van der Waals surface area contributed by atoms with Crippen LogP contribution in [0.1, 0.15) is 28.4 Å². The molecule has 176 valence electrons. The number of aliphatic hydroxyl groups is 1. The number of benzene rings is 2. The molecule has 0 aliphatic carbocycles. The van der Waals surface area contributed by atoms with Crippen LogP contribution in [0.2, 0.25) is 5.02 Å². The lowest BCUT2D eigenvalue weighted by Crippen LogP contribution is -2.61. The van der Waals surface area contributed by atoms with Crippen LogP contribution in [0.25, 0.3) is 10.9 Å². The van der Waals surface area contributed by atoms with Gasteiger partial charge in [0.1, 0.15) is 11.9 Å². The predicted octanol–water partition coefficient (Wildman–Crippen LogP) is 4.66. The monoisotopic (exact) mass is 478 g/mol. The van der Waals surface area contributed by atoms with Crippen LogP contribution >= 0.6 is 11.6 Å². The molecule has 3 aliphatic rings. The standard InChI is InChI=1S/C27H27ClN2O4/c1-3-16-14-30-15-25(34-27(32)17-4-6-18(28)7-5-17)21(16)13-24(30)26(31)20-10-11-29-23-9-8-19(33-2)12-22(20)23/h3-12,16,21,24-26,31H,1,13-15H2,2H3/t16-,21-,24+,25?,26-/m0/s1. The van der Waals surface area contributed by atoms with Crippen molar-refractivity contribution in [2.45, 2.75) is 24.7 Å². The number of carbonyl (C=O) groups is 1. The second kappa shape index (κ2) is 9.37. The summed E-state index contributed by atoms with van der Waals surface area (Å²) in [4.78, 5) is 19.4. The largest absolute Gasteiger partial charge is 0.497 e. The Morgan fingerprint density at radius 3 is 2.74 bits per heavy atom. The Morgan fingerprint density at radius 2 is 2.03 bits per heavy atom. The molecule has 3 fully saturated rings. The van der Waals surface area contributed by atoms with Crippen molar-refractivity contribution in [1.29, 1.82) is 0 Å². The van der Waals surface area contributed by atoms with Gasteiger partial charge in [-0.3, -0.25) is 9.88 Å². The van der Waals surface area contributed by atoms with Gasteiger partial charge in [-0.25, -0.2) is 4.79 Å². The summed E-state index contributed by atoms with van der Waals surface area (Å²) in [6.45, 7) is 5.35. The first-order valence-electron chi connectivity index (χ1n) is 11.4. The van der Waals surface area contributed by atoms with Crippen molar-refractivity contribution >= 4 is 28.5 Å². The van der Waals surface area contributed by atoms with Gasteiger partial charge in [0.25, 0.3) is 0 Å². The number of hydrogen-bond donors (Lipinski definition) is 1. The van der Waals surface area contributed by atoms with Gasteiger partial charge in [0, 0.05) is 41.7 Å². The van der Waals surface area contributed by atoms with Gasteiger partial charge in [-0.2, -0.15) is 0 Å². The Labute approximate surface area is 203 Å². The Morgan fingerprint density at radius 1 is 1.24 bits per heavy atom. The van der Waals surface area contributed by atoms with E-state index in [1.807, 2.05) is 30.3 Å². The first-order valence-corrected chi connectivity index (χ1v) is 11.8. The summed E-state index contributed by atoms with van der Waals surface area (Å²) in [5.41, 5.74) is 2.11. The van der Waals surface area contributed by atoms with E-state index in [2.05, 4.69) is 16.5 Å². The minimum Gasteiger partial charge on any atom is -0.497 e. The number of esters is 1. The molecule has 2 bridgehead atoms.